The van der Waals surface area contributed by atoms with E-state index in [4.69, 9.17) is 15.2 Å². The SMILES string of the molecule is COCCN1CC(OC(C)N)C1. The molecule has 0 amide bonds. The first-order chi connectivity index (χ1) is 5.72. The van der Waals surface area contributed by atoms with E-state index in [9.17, 15) is 0 Å². The summed E-state index contributed by atoms with van der Waals surface area (Å²) < 4.78 is 10.3. The van der Waals surface area contributed by atoms with E-state index in [0.717, 1.165) is 26.2 Å². The lowest BCUT2D eigenvalue weighted by molar-refractivity contribution is -0.0880. The number of nitrogens with two attached hydrogens (primary N) is 1. The number of rotatable bonds is 5. The van der Waals surface area contributed by atoms with Crippen molar-refractivity contribution in [1.82, 2.24) is 4.90 Å². The monoisotopic (exact) mass is 174 g/mol. The van der Waals surface area contributed by atoms with Crippen molar-refractivity contribution in [2.45, 2.75) is 19.3 Å². The number of methoxy groups -OCH3 is 1. The third-order valence-corrected chi connectivity index (χ3v) is 1.94. The molecule has 1 atom stereocenters. The third-order valence-electron chi connectivity index (χ3n) is 1.94. The van der Waals surface area contributed by atoms with E-state index >= 15 is 0 Å². The smallest absolute Gasteiger partial charge is 0.103 e. The van der Waals surface area contributed by atoms with Gasteiger partial charge in [0.1, 0.15) is 6.23 Å². The molecule has 4 heteroatoms. The fraction of sp³-hybridized carbons (Fsp3) is 1.00. The molecule has 1 heterocycles. The zero-order chi connectivity index (χ0) is 8.97. The lowest BCUT2D eigenvalue weighted by atomic mass is 10.2. The molecular formula is C8H18N2O2. The molecule has 1 aliphatic rings. The first kappa shape index (κ1) is 9.92. The maximum absolute atomic E-state index is 5.48. The highest BCUT2D eigenvalue weighted by Gasteiger charge is 2.27. The predicted molar refractivity (Wildman–Crippen MR) is 46.8 cm³/mol. The van der Waals surface area contributed by atoms with Gasteiger partial charge in [-0.3, -0.25) is 4.90 Å². The molecule has 4 nitrogen and oxygen atoms in total. The summed E-state index contributed by atoms with van der Waals surface area (Å²) in [6, 6.07) is 0. The van der Waals surface area contributed by atoms with Crippen molar-refractivity contribution in [3.8, 4) is 0 Å². The maximum Gasteiger partial charge on any atom is 0.103 e. The van der Waals surface area contributed by atoms with Crippen molar-refractivity contribution < 1.29 is 9.47 Å². The molecule has 1 rings (SSSR count). The molecule has 1 saturated heterocycles. The van der Waals surface area contributed by atoms with Crippen LogP contribution in [-0.4, -0.2) is 50.6 Å². The fourth-order valence-electron chi connectivity index (χ4n) is 1.32. The van der Waals surface area contributed by atoms with Crippen LogP contribution in [0.4, 0.5) is 0 Å². The van der Waals surface area contributed by atoms with Gasteiger partial charge in [-0.15, -0.1) is 0 Å². The summed E-state index contributed by atoms with van der Waals surface area (Å²) in [5.74, 6) is 0. The van der Waals surface area contributed by atoms with Crippen LogP contribution in [0.15, 0.2) is 0 Å². The molecule has 0 aromatic carbocycles. The van der Waals surface area contributed by atoms with Gasteiger partial charge in [-0.05, 0) is 6.92 Å². The van der Waals surface area contributed by atoms with E-state index in [2.05, 4.69) is 4.90 Å². The van der Waals surface area contributed by atoms with E-state index in [-0.39, 0.29) is 6.23 Å². The lowest BCUT2D eigenvalue weighted by Crippen LogP contribution is -2.54. The van der Waals surface area contributed by atoms with Crippen LogP contribution in [0.2, 0.25) is 0 Å². The van der Waals surface area contributed by atoms with Crippen LogP contribution in [0.5, 0.6) is 0 Å². The second-order valence-corrected chi connectivity index (χ2v) is 3.22. The van der Waals surface area contributed by atoms with E-state index < -0.39 is 0 Å². The molecule has 1 unspecified atom stereocenters. The molecule has 1 fully saturated rings. The molecule has 0 aliphatic carbocycles. The standard InChI is InChI=1S/C8H18N2O2/c1-7(9)12-8-5-10(6-8)3-4-11-2/h7-8H,3-6,9H2,1-2H3. The Bertz CT molecular complexity index is 124. The number of hydrogen-bond acceptors (Lipinski definition) is 4. The molecule has 0 bridgehead atoms. The second-order valence-electron chi connectivity index (χ2n) is 3.22. The van der Waals surface area contributed by atoms with E-state index in [1.54, 1.807) is 7.11 Å². The van der Waals surface area contributed by atoms with Gasteiger partial charge < -0.3 is 15.2 Å². The lowest BCUT2D eigenvalue weighted by Gasteiger charge is -2.39. The predicted octanol–water partition coefficient (Wildman–Crippen LogP) is -0.362. The zero-order valence-electron chi connectivity index (χ0n) is 7.82. The van der Waals surface area contributed by atoms with E-state index in [0.29, 0.717) is 6.10 Å². The first-order valence-corrected chi connectivity index (χ1v) is 4.34. The van der Waals surface area contributed by atoms with Crippen LogP contribution in [0, 0.1) is 0 Å². The van der Waals surface area contributed by atoms with Crippen LogP contribution < -0.4 is 5.73 Å². The summed E-state index contributed by atoms with van der Waals surface area (Å²) in [5, 5.41) is 0. The van der Waals surface area contributed by atoms with Gasteiger partial charge in [0.05, 0.1) is 12.7 Å². The average Bonchev–Trinajstić information content (AvgIpc) is 1.93. The Balaban J connectivity index is 1.96. The molecule has 0 radical (unpaired) electrons. The normalized spacial score (nSPS) is 22.2. The summed E-state index contributed by atoms with van der Waals surface area (Å²) in [7, 11) is 1.72. The number of nitrogens with zero attached hydrogens (tertiary/aromatic N) is 1. The highest BCUT2D eigenvalue weighted by Crippen LogP contribution is 2.11. The van der Waals surface area contributed by atoms with Crippen molar-refractivity contribution in [2.24, 2.45) is 5.73 Å². The molecule has 12 heavy (non-hydrogen) atoms. The van der Waals surface area contributed by atoms with E-state index in [1.165, 1.54) is 0 Å². The number of ether oxygens (including phenoxy) is 2. The molecule has 0 saturated carbocycles. The van der Waals surface area contributed by atoms with Crippen molar-refractivity contribution in [3.63, 3.8) is 0 Å². The van der Waals surface area contributed by atoms with Gasteiger partial charge in [0.25, 0.3) is 0 Å². The van der Waals surface area contributed by atoms with Crippen LogP contribution in [0.3, 0.4) is 0 Å². The molecule has 72 valence electrons. The minimum Gasteiger partial charge on any atom is -0.383 e. The molecule has 0 aromatic rings. The van der Waals surface area contributed by atoms with Gasteiger partial charge in [-0.25, -0.2) is 0 Å². The van der Waals surface area contributed by atoms with Crippen LogP contribution in [0.25, 0.3) is 0 Å². The van der Waals surface area contributed by atoms with Gasteiger partial charge in [0.15, 0.2) is 0 Å². The molecule has 1 aliphatic heterocycles. The summed E-state index contributed by atoms with van der Waals surface area (Å²) in [6.45, 7) is 5.63. The van der Waals surface area contributed by atoms with Crippen molar-refractivity contribution in [3.05, 3.63) is 0 Å². The molecule has 2 N–H and O–H groups in total. The summed E-state index contributed by atoms with van der Waals surface area (Å²) in [4.78, 5) is 2.29. The van der Waals surface area contributed by atoms with Crippen LogP contribution in [-0.2, 0) is 9.47 Å². The van der Waals surface area contributed by atoms with Crippen molar-refractivity contribution in [1.29, 1.82) is 0 Å². The van der Waals surface area contributed by atoms with Crippen LogP contribution in [0.1, 0.15) is 6.92 Å². The Labute approximate surface area is 73.6 Å². The Morgan fingerprint density at radius 2 is 2.25 bits per heavy atom. The summed E-state index contributed by atoms with van der Waals surface area (Å²) >= 11 is 0. The third kappa shape index (κ3) is 3.06. The Kier molecular flexibility index (Phi) is 3.94. The summed E-state index contributed by atoms with van der Waals surface area (Å²) in [5.41, 5.74) is 5.48. The molecular weight excluding hydrogens is 156 g/mol. The van der Waals surface area contributed by atoms with Crippen molar-refractivity contribution >= 4 is 0 Å². The van der Waals surface area contributed by atoms with Gasteiger partial charge >= 0.3 is 0 Å². The largest absolute Gasteiger partial charge is 0.383 e. The topological polar surface area (TPSA) is 47.7 Å². The van der Waals surface area contributed by atoms with E-state index in [1.807, 2.05) is 6.92 Å². The number of hydrogen-bond donors (Lipinski definition) is 1. The van der Waals surface area contributed by atoms with Gasteiger partial charge in [0, 0.05) is 26.7 Å². The summed E-state index contributed by atoms with van der Waals surface area (Å²) in [6.07, 6.45) is 0.196. The first-order valence-electron chi connectivity index (χ1n) is 4.34. The quantitative estimate of drug-likeness (QED) is 0.578. The highest BCUT2D eigenvalue weighted by atomic mass is 16.5. The molecule has 0 aromatic heterocycles. The minimum absolute atomic E-state index is 0.139. The Hall–Kier alpha value is -0.160. The Morgan fingerprint density at radius 1 is 1.58 bits per heavy atom. The maximum atomic E-state index is 5.48. The van der Waals surface area contributed by atoms with Gasteiger partial charge in [-0.2, -0.15) is 0 Å². The second kappa shape index (κ2) is 4.77. The molecule has 0 spiro atoms. The van der Waals surface area contributed by atoms with Crippen molar-refractivity contribution in [2.75, 3.05) is 33.4 Å². The highest BCUT2D eigenvalue weighted by molar-refractivity contribution is 4.80. The zero-order valence-corrected chi connectivity index (χ0v) is 7.82. The minimum atomic E-state index is -0.139. The van der Waals surface area contributed by atoms with Crippen LogP contribution >= 0.6 is 0 Å². The van der Waals surface area contributed by atoms with Gasteiger partial charge in [-0.1, -0.05) is 0 Å². The Morgan fingerprint density at radius 3 is 2.75 bits per heavy atom. The fourth-order valence-corrected chi connectivity index (χ4v) is 1.32. The average molecular weight is 174 g/mol. The number of likely N-dealkylation sites (tertiary alicyclic amines) is 1. The van der Waals surface area contributed by atoms with Gasteiger partial charge in [0.2, 0.25) is 0 Å².